The molecule has 0 saturated heterocycles. The zero-order chi connectivity index (χ0) is 13.7. The summed E-state index contributed by atoms with van der Waals surface area (Å²) in [5.41, 5.74) is 1.01. The van der Waals surface area contributed by atoms with Gasteiger partial charge in [-0.15, -0.1) is 0 Å². The first-order valence-electron chi connectivity index (χ1n) is 5.66. The summed E-state index contributed by atoms with van der Waals surface area (Å²) in [6.45, 7) is 0.546. The van der Waals surface area contributed by atoms with Gasteiger partial charge >= 0.3 is 0 Å². The fraction of sp³-hybridized carbons (Fsp3) is 0.333. The van der Waals surface area contributed by atoms with Crippen LogP contribution in [0, 0.1) is 0 Å². The number of hydrogen-bond donors (Lipinski definition) is 1. The molecular weight excluding hydrogens is 268 g/mol. The Morgan fingerprint density at radius 3 is 3.05 bits per heavy atom. The number of hydrogen-bond acceptors (Lipinski definition) is 6. The molecule has 1 N–H and O–H groups in total. The van der Waals surface area contributed by atoms with E-state index in [1.807, 2.05) is 16.8 Å². The molecule has 0 aliphatic rings. The van der Waals surface area contributed by atoms with Gasteiger partial charge in [0.2, 0.25) is 5.76 Å². The minimum atomic E-state index is -0.323. The summed E-state index contributed by atoms with van der Waals surface area (Å²) in [7, 11) is 1.45. The van der Waals surface area contributed by atoms with Gasteiger partial charge in [0, 0.05) is 13.1 Å². The van der Waals surface area contributed by atoms with E-state index in [1.54, 1.807) is 11.3 Å². The molecule has 0 atom stereocenters. The number of amides is 1. The van der Waals surface area contributed by atoms with E-state index in [-0.39, 0.29) is 30.7 Å². The fourth-order valence-electron chi connectivity index (χ4n) is 1.59. The van der Waals surface area contributed by atoms with Crippen molar-refractivity contribution in [3.05, 3.63) is 34.2 Å². The molecule has 0 bridgehead atoms. The standard InChI is InChI=1S/C12H14N2O4S/c1-17-11-6-10(18-13-11)12(16)14(3-4-15)7-9-2-5-19-8-9/h2,5-6,8,15H,3-4,7H2,1H3. The Morgan fingerprint density at radius 1 is 1.63 bits per heavy atom. The zero-order valence-corrected chi connectivity index (χ0v) is 11.2. The first-order valence-corrected chi connectivity index (χ1v) is 6.60. The smallest absolute Gasteiger partial charge is 0.292 e. The maximum Gasteiger partial charge on any atom is 0.292 e. The first-order chi connectivity index (χ1) is 9.24. The second-order valence-corrected chi connectivity index (χ2v) is 4.60. The molecule has 0 fully saturated rings. The molecule has 2 heterocycles. The van der Waals surface area contributed by atoms with Crippen molar-refractivity contribution in [1.29, 1.82) is 0 Å². The summed E-state index contributed by atoms with van der Waals surface area (Å²) in [6, 6.07) is 3.36. The Morgan fingerprint density at radius 2 is 2.47 bits per heavy atom. The lowest BCUT2D eigenvalue weighted by atomic mass is 10.3. The van der Waals surface area contributed by atoms with Crippen LogP contribution in [0.15, 0.2) is 27.4 Å². The van der Waals surface area contributed by atoms with Crippen molar-refractivity contribution in [2.45, 2.75) is 6.54 Å². The highest BCUT2D eigenvalue weighted by Gasteiger charge is 2.20. The van der Waals surface area contributed by atoms with Crippen LogP contribution in [0.3, 0.4) is 0 Å². The number of nitrogens with zero attached hydrogens (tertiary/aromatic N) is 2. The molecule has 102 valence electrons. The minimum absolute atomic E-state index is 0.0977. The number of ether oxygens (including phenoxy) is 1. The first kappa shape index (κ1) is 13.6. The Hall–Kier alpha value is -1.86. The number of carbonyl (C=O) groups excluding carboxylic acids is 1. The van der Waals surface area contributed by atoms with Crippen LogP contribution in [0.4, 0.5) is 0 Å². The second kappa shape index (κ2) is 6.35. The van der Waals surface area contributed by atoms with Gasteiger partial charge in [-0.2, -0.15) is 11.3 Å². The maximum atomic E-state index is 12.2. The minimum Gasteiger partial charge on any atom is -0.479 e. The summed E-state index contributed by atoms with van der Waals surface area (Å²) in [5.74, 6) is 0.0272. The van der Waals surface area contributed by atoms with E-state index >= 15 is 0 Å². The van der Waals surface area contributed by atoms with Crippen molar-refractivity contribution in [1.82, 2.24) is 10.1 Å². The molecule has 2 aromatic heterocycles. The molecule has 0 spiro atoms. The highest BCUT2D eigenvalue weighted by Crippen LogP contribution is 2.15. The van der Waals surface area contributed by atoms with Gasteiger partial charge in [0.25, 0.3) is 11.8 Å². The molecule has 0 aliphatic carbocycles. The predicted molar refractivity (Wildman–Crippen MR) is 69.2 cm³/mol. The lowest BCUT2D eigenvalue weighted by Crippen LogP contribution is -2.32. The van der Waals surface area contributed by atoms with E-state index < -0.39 is 0 Å². The Kier molecular flexibility index (Phi) is 4.53. The van der Waals surface area contributed by atoms with Crippen molar-refractivity contribution in [3.8, 4) is 5.88 Å². The summed E-state index contributed by atoms with van der Waals surface area (Å²) >= 11 is 1.56. The lowest BCUT2D eigenvalue weighted by Gasteiger charge is -2.19. The summed E-state index contributed by atoms with van der Waals surface area (Å²) in [6.07, 6.45) is 0. The predicted octanol–water partition coefficient (Wildman–Crippen LogP) is 1.38. The zero-order valence-electron chi connectivity index (χ0n) is 10.4. The van der Waals surface area contributed by atoms with E-state index in [2.05, 4.69) is 5.16 Å². The Bertz CT molecular complexity index is 524. The van der Waals surface area contributed by atoms with Crippen LogP contribution in [0.25, 0.3) is 0 Å². The summed E-state index contributed by atoms with van der Waals surface area (Å²) in [4.78, 5) is 13.7. The molecule has 19 heavy (non-hydrogen) atoms. The van der Waals surface area contributed by atoms with Gasteiger partial charge in [0.05, 0.1) is 19.8 Å². The number of rotatable bonds is 6. The topological polar surface area (TPSA) is 75.8 Å². The molecule has 0 radical (unpaired) electrons. The molecular formula is C12H14N2O4S. The molecule has 1 amide bonds. The van der Waals surface area contributed by atoms with Gasteiger partial charge in [-0.25, -0.2) is 0 Å². The number of aromatic nitrogens is 1. The van der Waals surface area contributed by atoms with E-state index in [4.69, 9.17) is 14.4 Å². The monoisotopic (exact) mass is 282 g/mol. The van der Waals surface area contributed by atoms with E-state index in [9.17, 15) is 4.79 Å². The summed E-state index contributed by atoms with van der Waals surface area (Å²) in [5, 5.41) is 16.5. The van der Waals surface area contributed by atoms with E-state index in [0.29, 0.717) is 6.54 Å². The third-order valence-electron chi connectivity index (χ3n) is 2.52. The number of thiophene rings is 1. The van der Waals surface area contributed by atoms with Crippen LogP contribution in [-0.4, -0.2) is 41.3 Å². The molecule has 0 aliphatic heterocycles. The van der Waals surface area contributed by atoms with Gasteiger partial charge in [0.1, 0.15) is 0 Å². The molecule has 0 aromatic carbocycles. The average molecular weight is 282 g/mol. The van der Waals surface area contributed by atoms with Crippen molar-refractivity contribution in [2.75, 3.05) is 20.3 Å². The number of carbonyl (C=O) groups is 1. The second-order valence-electron chi connectivity index (χ2n) is 3.82. The van der Waals surface area contributed by atoms with Crippen LogP contribution in [0.1, 0.15) is 16.1 Å². The van der Waals surface area contributed by atoms with Crippen LogP contribution >= 0.6 is 11.3 Å². The molecule has 7 heteroatoms. The Labute approximate surface area is 114 Å². The highest BCUT2D eigenvalue weighted by molar-refractivity contribution is 7.07. The number of methoxy groups -OCH3 is 1. The van der Waals surface area contributed by atoms with Crippen molar-refractivity contribution < 1.29 is 19.2 Å². The van der Waals surface area contributed by atoms with Gasteiger partial charge < -0.3 is 19.3 Å². The SMILES string of the molecule is COc1cc(C(=O)N(CCO)Cc2ccsc2)on1. The van der Waals surface area contributed by atoms with Gasteiger partial charge in [0.15, 0.2) is 0 Å². The Balaban J connectivity index is 2.11. The third kappa shape index (κ3) is 3.33. The largest absolute Gasteiger partial charge is 0.479 e. The van der Waals surface area contributed by atoms with Gasteiger partial charge in [-0.05, 0) is 27.5 Å². The number of aliphatic hydroxyl groups is 1. The van der Waals surface area contributed by atoms with Crippen LogP contribution in [-0.2, 0) is 6.54 Å². The van der Waals surface area contributed by atoms with Gasteiger partial charge in [-0.3, -0.25) is 4.79 Å². The molecule has 2 aromatic rings. The fourth-order valence-corrected chi connectivity index (χ4v) is 2.25. The van der Waals surface area contributed by atoms with Crippen LogP contribution in [0.2, 0.25) is 0 Å². The molecule has 2 rings (SSSR count). The van der Waals surface area contributed by atoms with E-state index in [0.717, 1.165) is 5.56 Å². The quantitative estimate of drug-likeness (QED) is 0.866. The molecule has 6 nitrogen and oxygen atoms in total. The normalized spacial score (nSPS) is 10.4. The molecule has 0 saturated carbocycles. The van der Waals surface area contributed by atoms with Crippen LogP contribution < -0.4 is 4.74 Å². The van der Waals surface area contributed by atoms with Crippen LogP contribution in [0.5, 0.6) is 5.88 Å². The summed E-state index contributed by atoms with van der Waals surface area (Å²) < 4.78 is 9.79. The molecule has 0 unspecified atom stereocenters. The lowest BCUT2D eigenvalue weighted by molar-refractivity contribution is 0.0666. The number of aliphatic hydroxyl groups excluding tert-OH is 1. The van der Waals surface area contributed by atoms with Crippen molar-refractivity contribution in [2.24, 2.45) is 0 Å². The van der Waals surface area contributed by atoms with Gasteiger partial charge in [-0.1, -0.05) is 0 Å². The third-order valence-corrected chi connectivity index (χ3v) is 3.25. The van der Waals surface area contributed by atoms with Crippen molar-refractivity contribution in [3.63, 3.8) is 0 Å². The maximum absolute atomic E-state index is 12.2. The highest BCUT2D eigenvalue weighted by atomic mass is 32.1. The van der Waals surface area contributed by atoms with E-state index in [1.165, 1.54) is 18.1 Å². The average Bonchev–Trinajstić information content (AvgIpc) is 3.08. The van der Waals surface area contributed by atoms with Crippen molar-refractivity contribution >= 4 is 17.2 Å².